The molecule has 1 aromatic carbocycles. The fraction of sp³-hybridized carbons (Fsp3) is 0.357. The zero-order valence-electron chi connectivity index (χ0n) is 11.8. The van der Waals surface area contributed by atoms with Gasteiger partial charge in [0.15, 0.2) is 0 Å². The first kappa shape index (κ1) is 14.9. The minimum atomic E-state index is -0.948. The molecule has 1 aliphatic rings. The summed E-state index contributed by atoms with van der Waals surface area (Å²) < 4.78 is 24.9. The number of halogens is 2. The van der Waals surface area contributed by atoms with Crippen molar-refractivity contribution in [1.82, 2.24) is 15.0 Å². The molecule has 3 rings (SSSR count). The molecule has 2 aromatic rings. The minimum Gasteiger partial charge on any atom is -0.468 e. The summed E-state index contributed by atoms with van der Waals surface area (Å²) in [6, 6.07) is 4.20. The van der Waals surface area contributed by atoms with E-state index in [1.807, 2.05) is 0 Å². The lowest BCUT2D eigenvalue weighted by atomic mass is 9.84. The predicted octanol–water partition coefficient (Wildman–Crippen LogP) is 1.89. The summed E-state index contributed by atoms with van der Waals surface area (Å²) in [4.78, 5) is 12.1. The molecule has 1 atom stereocenters. The molecule has 0 bridgehead atoms. The average Bonchev–Trinajstić information content (AvgIpc) is 3.18. The highest BCUT2D eigenvalue weighted by Crippen LogP contribution is 2.33. The number of carbonyl (C=O) groups excluding carboxylic acids is 1. The Bertz CT molecular complexity index is 713. The van der Waals surface area contributed by atoms with Crippen molar-refractivity contribution < 1.29 is 18.7 Å². The molecule has 1 fully saturated rings. The maximum Gasteiger partial charge on any atom is 0.320 e. The van der Waals surface area contributed by atoms with E-state index in [1.54, 1.807) is 6.20 Å². The summed E-state index contributed by atoms with van der Waals surface area (Å²) in [6.45, 7) is 0.646. The van der Waals surface area contributed by atoms with E-state index < -0.39 is 17.2 Å². The molecule has 0 radical (unpaired) electrons. The van der Waals surface area contributed by atoms with Crippen LogP contribution in [0, 0.1) is 5.82 Å². The van der Waals surface area contributed by atoms with Gasteiger partial charge in [0, 0.05) is 6.61 Å². The van der Waals surface area contributed by atoms with Gasteiger partial charge in [0.2, 0.25) is 0 Å². The van der Waals surface area contributed by atoms with Crippen LogP contribution in [0.3, 0.4) is 0 Å². The van der Waals surface area contributed by atoms with Crippen molar-refractivity contribution in [3.63, 3.8) is 0 Å². The molecule has 0 spiro atoms. The van der Waals surface area contributed by atoms with Gasteiger partial charge in [0.1, 0.15) is 16.9 Å². The Morgan fingerprint density at radius 2 is 2.36 bits per heavy atom. The zero-order valence-corrected chi connectivity index (χ0v) is 12.5. The molecule has 8 heteroatoms. The molecule has 6 nitrogen and oxygen atoms in total. The summed E-state index contributed by atoms with van der Waals surface area (Å²) in [5.41, 5.74) is 0.0537. The topological polar surface area (TPSA) is 66.2 Å². The van der Waals surface area contributed by atoms with Crippen LogP contribution in [0.4, 0.5) is 4.39 Å². The third kappa shape index (κ3) is 2.36. The molecule has 1 unspecified atom stereocenters. The van der Waals surface area contributed by atoms with E-state index in [2.05, 4.69) is 10.3 Å². The molecule has 116 valence electrons. The van der Waals surface area contributed by atoms with Gasteiger partial charge in [0.05, 0.1) is 30.6 Å². The Morgan fingerprint density at radius 1 is 1.55 bits per heavy atom. The summed E-state index contributed by atoms with van der Waals surface area (Å²) in [5, 5.41) is 8.04. The smallest absolute Gasteiger partial charge is 0.320 e. The number of ether oxygens (including phenoxy) is 2. The highest BCUT2D eigenvalue weighted by atomic mass is 35.5. The van der Waals surface area contributed by atoms with Gasteiger partial charge in [-0.2, -0.15) is 0 Å². The molecular weight excluding hydrogens is 313 g/mol. The second-order valence-electron chi connectivity index (χ2n) is 5.02. The fourth-order valence-electron chi connectivity index (χ4n) is 2.46. The molecular formula is C14H13ClFN3O3. The predicted molar refractivity (Wildman–Crippen MR) is 75.5 cm³/mol. The largest absolute Gasteiger partial charge is 0.468 e. The normalized spacial score (nSPS) is 21.0. The highest BCUT2D eigenvalue weighted by molar-refractivity contribution is 6.30. The van der Waals surface area contributed by atoms with Crippen LogP contribution < -0.4 is 0 Å². The van der Waals surface area contributed by atoms with Crippen molar-refractivity contribution in [1.29, 1.82) is 0 Å². The van der Waals surface area contributed by atoms with Crippen molar-refractivity contribution in [3.8, 4) is 5.69 Å². The Hall–Kier alpha value is -1.99. The maximum atomic E-state index is 13.2. The third-order valence-electron chi connectivity index (χ3n) is 3.75. The Kier molecular flexibility index (Phi) is 3.84. The van der Waals surface area contributed by atoms with Gasteiger partial charge in [-0.1, -0.05) is 16.8 Å². The van der Waals surface area contributed by atoms with Crippen LogP contribution >= 0.6 is 11.6 Å². The lowest BCUT2D eigenvalue weighted by Gasteiger charge is -2.20. The van der Waals surface area contributed by atoms with Crippen LogP contribution in [-0.2, 0) is 19.7 Å². The number of hydrogen-bond donors (Lipinski definition) is 0. The van der Waals surface area contributed by atoms with Crippen molar-refractivity contribution in [2.75, 3.05) is 20.3 Å². The van der Waals surface area contributed by atoms with Crippen molar-refractivity contribution >= 4 is 17.6 Å². The first-order valence-electron chi connectivity index (χ1n) is 6.61. The summed E-state index contributed by atoms with van der Waals surface area (Å²) >= 11 is 5.77. The lowest BCUT2D eigenvalue weighted by Crippen LogP contribution is -2.38. The quantitative estimate of drug-likeness (QED) is 0.806. The fourth-order valence-corrected chi connectivity index (χ4v) is 2.64. The second kappa shape index (κ2) is 5.66. The number of aromatic nitrogens is 3. The van der Waals surface area contributed by atoms with Crippen molar-refractivity contribution in [2.45, 2.75) is 11.8 Å². The van der Waals surface area contributed by atoms with Gasteiger partial charge in [-0.25, -0.2) is 9.07 Å². The summed E-state index contributed by atoms with van der Waals surface area (Å²) in [5.74, 6) is -0.921. The van der Waals surface area contributed by atoms with Gasteiger partial charge >= 0.3 is 5.97 Å². The maximum absolute atomic E-state index is 13.2. The molecule has 0 aliphatic carbocycles. The van der Waals surface area contributed by atoms with E-state index in [1.165, 1.54) is 30.0 Å². The standard InChI is InChI=1S/C14H13ClFN3O3/c1-21-13(20)14(4-5-22-8-14)12-7-19(18-17-12)9-2-3-11(16)10(15)6-9/h2-3,6-7H,4-5,8H2,1H3. The van der Waals surface area contributed by atoms with E-state index in [-0.39, 0.29) is 11.6 Å². The molecule has 1 aliphatic heterocycles. The Morgan fingerprint density at radius 3 is 3.00 bits per heavy atom. The molecule has 2 heterocycles. The van der Waals surface area contributed by atoms with Crippen LogP contribution in [-0.4, -0.2) is 41.3 Å². The number of carbonyl (C=O) groups is 1. The highest BCUT2D eigenvalue weighted by Gasteiger charge is 2.47. The monoisotopic (exact) mass is 325 g/mol. The average molecular weight is 326 g/mol. The molecule has 22 heavy (non-hydrogen) atoms. The molecule has 1 aromatic heterocycles. The minimum absolute atomic E-state index is 0.0126. The molecule has 0 N–H and O–H groups in total. The number of rotatable bonds is 3. The third-order valence-corrected chi connectivity index (χ3v) is 4.04. The second-order valence-corrected chi connectivity index (χ2v) is 5.43. The van der Waals surface area contributed by atoms with E-state index in [9.17, 15) is 9.18 Å². The SMILES string of the molecule is COC(=O)C1(c2cn(-c3ccc(F)c(Cl)c3)nn2)CCOC1. The Labute approximate surface area is 130 Å². The zero-order chi connectivity index (χ0) is 15.7. The van der Waals surface area contributed by atoms with E-state index >= 15 is 0 Å². The van der Waals surface area contributed by atoms with Crippen LogP contribution in [0.1, 0.15) is 12.1 Å². The van der Waals surface area contributed by atoms with Crippen LogP contribution in [0.15, 0.2) is 24.4 Å². The summed E-state index contributed by atoms with van der Waals surface area (Å²) in [6.07, 6.45) is 2.08. The van der Waals surface area contributed by atoms with E-state index in [0.717, 1.165) is 0 Å². The van der Waals surface area contributed by atoms with Gasteiger partial charge < -0.3 is 9.47 Å². The number of nitrogens with zero attached hydrogens (tertiary/aromatic N) is 3. The number of hydrogen-bond acceptors (Lipinski definition) is 5. The van der Waals surface area contributed by atoms with Gasteiger partial charge in [0.25, 0.3) is 0 Å². The van der Waals surface area contributed by atoms with Crippen molar-refractivity contribution in [2.24, 2.45) is 0 Å². The number of esters is 1. The van der Waals surface area contributed by atoms with Gasteiger partial charge in [-0.15, -0.1) is 5.10 Å². The molecule has 0 saturated carbocycles. The molecule has 1 saturated heterocycles. The van der Waals surface area contributed by atoms with Gasteiger partial charge in [-0.3, -0.25) is 4.79 Å². The van der Waals surface area contributed by atoms with E-state index in [4.69, 9.17) is 21.1 Å². The number of methoxy groups -OCH3 is 1. The first-order chi connectivity index (χ1) is 10.6. The van der Waals surface area contributed by atoms with Crippen LogP contribution in [0.5, 0.6) is 0 Å². The Balaban J connectivity index is 1.99. The van der Waals surface area contributed by atoms with Crippen molar-refractivity contribution in [3.05, 3.63) is 40.9 Å². The van der Waals surface area contributed by atoms with Crippen LogP contribution in [0.2, 0.25) is 5.02 Å². The summed E-state index contributed by atoms with van der Waals surface area (Å²) in [7, 11) is 1.33. The lowest BCUT2D eigenvalue weighted by molar-refractivity contribution is -0.147. The van der Waals surface area contributed by atoms with E-state index in [0.29, 0.717) is 24.4 Å². The number of benzene rings is 1. The van der Waals surface area contributed by atoms with Crippen LogP contribution in [0.25, 0.3) is 5.69 Å². The first-order valence-corrected chi connectivity index (χ1v) is 6.99. The van der Waals surface area contributed by atoms with Gasteiger partial charge in [-0.05, 0) is 24.6 Å². The molecule has 0 amide bonds.